The quantitative estimate of drug-likeness (QED) is 0.441. The minimum Gasteiger partial charge on any atom is -0.497 e. The standard InChI is InChI=1S/C23H18N2O2S/c1-14-15(2)28-23(19(14)13-24)25-20-12-22(16-7-5-4-6-8-16)27-21-10-9-17(26-3)11-18(20)21/h4-12H,1-3H3/b25-20+. The SMILES string of the molecule is COc1ccc2oc(-c3ccccc3)c/c(=N\c3sc(C)c(C)c3C#N)c2c1. The van der Waals surface area contributed by atoms with Crippen molar-refractivity contribution in [1.29, 1.82) is 5.26 Å². The van der Waals surface area contributed by atoms with Gasteiger partial charge in [0.15, 0.2) is 0 Å². The third-order valence-electron chi connectivity index (χ3n) is 4.71. The molecule has 0 saturated heterocycles. The first kappa shape index (κ1) is 18.0. The van der Waals surface area contributed by atoms with E-state index in [1.807, 2.05) is 68.4 Å². The van der Waals surface area contributed by atoms with E-state index < -0.39 is 0 Å². The molecule has 4 rings (SSSR count). The van der Waals surface area contributed by atoms with Gasteiger partial charge in [0.25, 0.3) is 0 Å². The summed E-state index contributed by atoms with van der Waals surface area (Å²) in [5, 5.41) is 11.9. The van der Waals surface area contributed by atoms with E-state index in [1.165, 1.54) is 11.3 Å². The molecule has 138 valence electrons. The summed E-state index contributed by atoms with van der Waals surface area (Å²) < 4.78 is 11.5. The highest BCUT2D eigenvalue weighted by molar-refractivity contribution is 7.16. The van der Waals surface area contributed by atoms with Crippen molar-refractivity contribution in [3.8, 4) is 23.1 Å². The molecule has 0 aliphatic carbocycles. The van der Waals surface area contributed by atoms with Gasteiger partial charge >= 0.3 is 0 Å². The molecule has 2 aromatic carbocycles. The first-order valence-electron chi connectivity index (χ1n) is 8.83. The molecular formula is C23H18N2O2S. The minimum atomic E-state index is 0.626. The van der Waals surface area contributed by atoms with E-state index in [4.69, 9.17) is 14.1 Å². The number of ether oxygens (including phenoxy) is 1. The fourth-order valence-electron chi connectivity index (χ4n) is 3.04. The predicted molar refractivity (Wildman–Crippen MR) is 112 cm³/mol. The maximum atomic E-state index is 9.58. The Morgan fingerprint density at radius 2 is 1.86 bits per heavy atom. The summed E-state index contributed by atoms with van der Waals surface area (Å²) in [7, 11) is 1.63. The van der Waals surface area contributed by atoms with Crippen LogP contribution in [0.15, 0.2) is 64.0 Å². The normalized spacial score (nSPS) is 11.6. The van der Waals surface area contributed by atoms with E-state index in [0.29, 0.717) is 16.1 Å². The minimum absolute atomic E-state index is 0.626. The van der Waals surface area contributed by atoms with Gasteiger partial charge in [0.05, 0.1) is 18.0 Å². The molecule has 0 unspecified atom stereocenters. The number of fused-ring (bicyclic) bond motifs is 1. The first-order valence-corrected chi connectivity index (χ1v) is 9.64. The van der Waals surface area contributed by atoms with E-state index in [2.05, 4.69) is 6.07 Å². The Morgan fingerprint density at radius 1 is 1.07 bits per heavy atom. The Morgan fingerprint density at radius 3 is 2.57 bits per heavy atom. The van der Waals surface area contributed by atoms with Gasteiger partial charge in [0.2, 0.25) is 0 Å². The van der Waals surface area contributed by atoms with Crippen LogP contribution in [-0.4, -0.2) is 7.11 Å². The monoisotopic (exact) mass is 386 g/mol. The summed E-state index contributed by atoms with van der Waals surface area (Å²) >= 11 is 1.53. The van der Waals surface area contributed by atoms with Crippen molar-refractivity contribution in [2.75, 3.05) is 7.11 Å². The summed E-state index contributed by atoms with van der Waals surface area (Å²) in [6.07, 6.45) is 0. The summed E-state index contributed by atoms with van der Waals surface area (Å²) in [4.78, 5) is 5.96. The molecule has 0 atom stereocenters. The molecule has 4 nitrogen and oxygen atoms in total. The number of aryl methyl sites for hydroxylation is 1. The van der Waals surface area contributed by atoms with E-state index in [0.717, 1.165) is 38.3 Å². The number of benzene rings is 2. The van der Waals surface area contributed by atoms with Crippen LogP contribution in [0.2, 0.25) is 0 Å². The van der Waals surface area contributed by atoms with Crippen LogP contribution in [0.3, 0.4) is 0 Å². The van der Waals surface area contributed by atoms with Crippen LogP contribution in [-0.2, 0) is 0 Å². The van der Waals surface area contributed by atoms with E-state index in [-0.39, 0.29) is 0 Å². The van der Waals surface area contributed by atoms with Crippen molar-refractivity contribution in [2.24, 2.45) is 4.99 Å². The number of thiophene rings is 1. The number of nitrogens with zero attached hydrogens (tertiary/aromatic N) is 2. The van der Waals surface area contributed by atoms with Gasteiger partial charge in [-0.25, -0.2) is 4.99 Å². The lowest BCUT2D eigenvalue weighted by Crippen LogP contribution is -2.03. The second-order valence-corrected chi connectivity index (χ2v) is 7.61. The van der Waals surface area contributed by atoms with E-state index in [1.54, 1.807) is 7.11 Å². The number of nitriles is 1. The first-order chi connectivity index (χ1) is 13.6. The highest BCUT2D eigenvalue weighted by Gasteiger charge is 2.13. The predicted octanol–water partition coefficient (Wildman–Crippen LogP) is 5.89. The molecule has 2 aromatic heterocycles. The van der Waals surface area contributed by atoms with E-state index >= 15 is 0 Å². The van der Waals surface area contributed by atoms with Crippen molar-refractivity contribution >= 4 is 27.3 Å². The van der Waals surface area contributed by atoms with Gasteiger partial charge in [-0.3, -0.25) is 0 Å². The second kappa shape index (κ2) is 7.34. The van der Waals surface area contributed by atoms with Crippen LogP contribution in [0.4, 0.5) is 5.00 Å². The highest BCUT2D eigenvalue weighted by Crippen LogP contribution is 2.34. The van der Waals surface area contributed by atoms with Crippen molar-refractivity contribution in [2.45, 2.75) is 13.8 Å². The Balaban J connectivity index is 2.05. The lowest BCUT2D eigenvalue weighted by atomic mass is 10.1. The van der Waals surface area contributed by atoms with Gasteiger partial charge in [-0.05, 0) is 37.6 Å². The molecule has 28 heavy (non-hydrogen) atoms. The van der Waals surface area contributed by atoms with Crippen LogP contribution in [0, 0.1) is 25.2 Å². The van der Waals surface area contributed by atoms with Crippen LogP contribution in [0.25, 0.3) is 22.3 Å². The molecule has 0 amide bonds. The van der Waals surface area contributed by atoms with Crippen LogP contribution < -0.4 is 10.1 Å². The Bertz CT molecular complexity index is 1280. The smallest absolute Gasteiger partial charge is 0.137 e. The molecule has 0 spiro atoms. The molecule has 0 aliphatic heterocycles. The lowest BCUT2D eigenvalue weighted by Gasteiger charge is -2.06. The molecular weight excluding hydrogens is 368 g/mol. The molecule has 0 fully saturated rings. The van der Waals surface area contributed by atoms with Crippen LogP contribution in [0.1, 0.15) is 16.0 Å². The van der Waals surface area contributed by atoms with Crippen LogP contribution in [0.5, 0.6) is 5.75 Å². The summed E-state index contributed by atoms with van der Waals surface area (Å²) in [6, 6.07) is 19.8. The Labute approximate surface area is 167 Å². The zero-order valence-electron chi connectivity index (χ0n) is 15.8. The molecule has 0 bridgehead atoms. The summed E-state index contributed by atoms with van der Waals surface area (Å²) in [5.74, 6) is 1.45. The summed E-state index contributed by atoms with van der Waals surface area (Å²) in [5.41, 5.74) is 3.29. The van der Waals surface area contributed by atoms with Gasteiger partial charge in [0.1, 0.15) is 28.2 Å². The average molecular weight is 386 g/mol. The third kappa shape index (κ3) is 3.19. The number of hydrogen-bond donors (Lipinski definition) is 0. The van der Waals surface area contributed by atoms with Crippen LogP contribution >= 0.6 is 11.3 Å². The lowest BCUT2D eigenvalue weighted by molar-refractivity contribution is 0.415. The van der Waals surface area contributed by atoms with Crippen molar-refractivity contribution in [3.05, 3.63) is 76.0 Å². The van der Waals surface area contributed by atoms with Gasteiger partial charge in [-0.2, -0.15) is 5.26 Å². The number of rotatable bonds is 3. The number of hydrogen-bond acceptors (Lipinski definition) is 5. The molecule has 0 radical (unpaired) electrons. The Kier molecular flexibility index (Phi) is 4.72. The fraction of sp³-hybridized carbons (Fsp3) is 0.130. The molecule has 0 saturated carbocycles. The molecule has 4 aromatic rings. The largest absolute Gasteiger partial charge is 0.497 e. The maximum Gasteiger partial charge on any atom is 0.137 e. The third-order valence-corrected chi connectivity index (χ3v) is 5.81. The molecule has 0 N–H and O–H groups in total. The zero-order valence-corrected chi connectivity index (χ0v) is 16.6. The zero-order chi connectivity index (χ0) is 19.7. The van der Waals surface area contributed by atoms with Crippen molar-refractivity contribution in [3.63, 3.8) is 0 Å². The fourth-order valence-corrected chi connectivity index (χ4v) is 4.03. The van der Waals surface area contributed by atoms with Gasteiger partial charge in [0, 0.05) is 21.9 Å². The molecule has 5 heteroatoms. The Hall–Kier alpha value is -3.36. The number of methoxy groups -OCH3 is 1. The molecule has 2 heterocycles. The second-order valence-electron chi connectivity index (χ2n) is 6.41. The van der Waals surface area contributed by atoms with Gasteiger partial charge in [-0.15, -0.1) is 11.3 Å². The van der Waals surface area contributed by atoms with Crippen molar-refractivity contribution < 1.29 is 9.15 Å². The maximum absolute atomic E-state index is 9.58. The summed E-state index contributed by atoms with van der Waals surface area (Å²) in [6.45, 7) is 3.97. The van der Waals surface area contributed by atoms with E-state index in [9.17, 15) is 5.26 Å². The average Bonchev–Trinajstić information content (AvgIpc) is 3.00. The van der Waals surface area contributed by atoms with Gasteiger partial charge < -0.3 is 9.15 Å². The van der Waals surface area contributed by atoms with Gasteiger partial charge in [-0.1, -0.05) is 30.3 Å². The highest BCUT2D eigenvalue weighted by atomic mass is 32.1. The van der Waals surface area contributed by atoms with Crippen molar-refractivity contribution in [1.82, 2.24) is 0 Å². The topological polar surface area (TPSA) is 58.5 Å². The molecule has 0 aliphatic rings.